The number of amides is 1. The topological polar surface area (TPSA) is 99.4 Å². The number of anilines is 1. The fourth-order valence-electron chi connectivity index (χ4n) is 1.59. The smallest absolute Gasteiger partial charge is 0.268 e. The number of methoxy groups -OCH3 is 1. The molecule has 0 spiro atoms. The maximum Gasteiger partial charge on any atom is 0.268 e. The first-order valence-electron chi connectivity index (χ1n) is 5.80. The summed E-state index contributed by atoms with van der Waals surface area (Å²) in [6.07, 6.45) is 1.36. The molecule has 0 saturated carbocycles. The lowest BCUT2D eigenvalue weighted by Gasteiger charge is -2.11. The van der Waals surface area contributed by atoms with Crippen LogP contribution in [0.3, 0.4) is 0 Å². The largest absolute Gasteiger partial charge is 0.489 e. The summed E-state index contributed by atoms with van der Waals surface area (Å²) < 4.78 is 10.8. The summed E-state index contributed by atoms with van der Waals surface area (Å²) >= 11 is 0. The third kappa shape index (κ3) is 2.77. The number of aromatic nitrogens is 2. The molecule has 0 saturated heterocycles. The number of hydrogen-bond acceptors (Lipinski definition) is 6. The van der Waals surface area contributed by atoms with Crippen LogP contribution in [0.4, 0.5) is 5.82 Å². The minimum Gasteiger partial charge on any atom is -0.489 e. The van der Waals surface area contributed by atoms with Gasteiger partial charge in [-0.2, -0.15) is 4.98 Å². The van der Waals surface area contributed by atoms with Crippen LogP contribution in [0.2, 0.25) is 0 Å². The maximum absolute atomic E-state index is 11.0. The Balaban J connectivity index is 2.27. The van der Waals surface area contributed by atoms with Crippen LogP contribution >= 0.6 is 0 Å². The van der Waals surface area contributed by atoms with E-state index in [0.29, 0.717) is 22.9 Å². The summed E-state index contributed by atoms with van der Waals surface area (Å²) in [5, 5.41) is 2.88. The van der Waals surface area contributed by atoms with Crippen molar-refractivity contribution in [2.45, 2.75) is 0 Å². The van der Waals surface area contributed by atoms with Gasteiger partial charge in [-0.25, -0.2) is 4.98 Å². The first-order chi connectivity index (χ1) is 9.65. The van der Waals surface area contributed by atoms with Crippen molar-refractivity contribution in [1.82, 2.24) is 9.97 Å². The molecule has 2 rings (SSSR count). The lowest BCUT2D eigenvalue weighted by atomic mass is 10.2. The molecule has 0 unspecified atom stereocenters. The molecule has 0 aliphatic rings. The maximum atomic E-state index is 11.0. The van der Waals surface area contributed by atoms with Gasteiger partial charge in [-0.15, -0.1) is 0 Å². The van der Waals surface area contributed by atoms with Gasteiger partial charge in [0.1, 0.15) is 12.1 Å². The molecule has 0 fully saturated rings. The third-order valence-electron chi connectivity index (χ3n) is 2.57. The molecular formula is C13H14N4O3. The molecule has 104 valence electrons. The highest BCUT2D eigenvalue weighted by Gasteiger charge is 2.13. The van der Waals surface area contributed by atoms with Gasteiger partial charge in [0.15, 0.2) is 5.82 Å². The van der Waals surface area contributed by atoms with Gasteiger partial charge in [0.25, 0.3) is 5.88 Å². The van der Waals surface area contributed by atoms with Crippen molar-refractivity contribution in [1.29, 1.82) is 0 Å². The Labute approximate surface area is 115 Å². The Morgan fingerprint density at radius 2 is 1.95 bits per heavy atom. The molecular weight excluding hydrogens is 260 g/mol. The van der Waals surface area contributed by atoms with Crippen LogP contribution in [-0.4, -0.2) is 30.0 Å². The lowest BCUT2D eigenvalue weighted by molar-refractivity contribution is 0.100. The van der Waals surface area contributed by atoms with E-state index in [-0.39, 0.29) is 5.88 Å². The number of hydrogen-bond donors (Lipinski definition) is 2. The molecule has 2 aromatic rings. The lowest BCUT2D eigenvalue weighted by Crippen LogP contribution is -2.10. The average Bonchev–Trinajstić information content (AvgIpc) is 2.47. The summed E-state index contributed by atoms with van der Waals surface area (Å²) in [7, 11) is 3.22. The van der Waals surface area contributed by atoms with Gasteiger partial charge in [-0.3, -0.25) is 4.79 Å². The van der Waals surface area contributed by atoms with Crippen LogP contribution in [0.15, 0.2) is 30.6 Å². The molecule has 1 aromatic carbocycles. The van der Waals surface area contributed by atoms with Crippen molar-refractivity contribution in [2.24, 2.45) is 5.73 Å². The van der Waals surface area contributed by atoms with E-state index in [9.17, 15) is 4.79 Å². The monoisotopic (exact) mass is 274 g/mol. The highest BCUT2D eigenvalue weighted by Crippen LogP contribution is 2.33. The van der Waals surface area contributed by atoms with Crippen LogP contribution in [0.5, 0.6) is 17.4 Å². The number of carbonyl (C=O) groups is 1. The van der Waals surface area contributed by atoms with E-state index in [1.807, 2.05) is 0 Å². The van der Waals surface area contributed by atoms with Crippen molar-refractivity contribution in [3.8, 4) is 17.4 Å². The van der Waals surface area contributed by atoms with E-state index in [1.54, 1.807) is 31.3 Å². The first kappa shape index (κ1) is 13.6. The van der Waals surface area contributed by atoms with Gasteiger partial charge < -0.3 is 20.5 Å². The summed E-state index contributed by atoms with van der Waals surface area (Å²) in [5.41, 5.74) is 5.58. The van der Waals surface area contributed by atoms with Gasteiger partial charge >= 0.3 is 0 Å². The molecule has 1 amide bonds. The third-order valence-corrected chi connectivity index (χ3v) is 2.57. The highest BCUT2D eigenvalue weighted by atomic mass is 16.5. The molecule has 7 nitrogen and oxygen atoms in total. The van der Waals surface area contributed by atoms with Crippen molar-refractivity contribution in [3.05, 3.63) is 36.2 Å². The standard InChI is InChI=1S/C13H14N4O3/c1-15-12-10(19-2)13(17-7-16-12)20-9-5-3-8(4-6-9)11(14)18/h3-7H,1-2H3,(H2,14,18)(H,15,16,17). The van der Waals surface area contributed by atoms with E-state index in [1.165, 1.54) is 13.4 Å². The summed E-state index contributed by atoms with van der Waals surface area (Å²) in [6, 6.07) is 6.40. The molecule has 0 bridgehead atoms. The Morgan fingerprint density at radius 3 is 2.50 bits per heavy atom. The fraction of sp³-hybridized carbons (Fsp3) is 0.154. The zero-order chi connectivity index (χ0) is 14.5. The number of nitrogens with one attached hydrogen (secondary N) is 1. The number of rotatable bonds is 5. The number of ether oxygens (including phenoxy) is 2. The molecule has 7 heteroatoms. The van der Waals surface area contributed by atoms with Gasteiger partial charge in [0, 0.05) is 12.6 Å². The number of benzene rings is 1. The summed E-state index contributed by atoms with van der Waals surface area (Å²) in [6.45, 7) is 0. The molecule has 1 aromatic heterocycles. The first-order valence-corrected chi connectivity index (χ1v) is 5.80. The Hall–Kier alpha value is -2.83. The minimum absolute atomic E-state index is 0.277. The van der Waals surface area contributed by atoms with Crippen LogP contribution in [-0.2, 0) is 0 Å². The number of carbonyl (C=O) groups excluding carboxylic acids is 1. The molecule has 0 aliphatic heterocycles. The van der Waals surface area contributed by atoms with Gasteiger partial charge in [0.05, 0.1) is 7.11 Å². The van der Waals surface area contributed by atoms with Crippen molar-refractivity contribution in [2.75, 3.05) is 19.5 Å². The zero-order valence-electron chi connectivity index (χ0n) is 11.1. The number of nitrogens with zero attached hydrogens (tertiary/aromatic N) is 2. The van der Waals surface area contributed by atoms with Gasteiger partial charge in [-0.05, 0) is 24.3 Å². The fourth-order valence-corrected chi connectivity index (χ4v) is 1.59. The Kier molecular flexibility index (Phi) is 3.99. The average molecular weight is 274 g/mol. The molecule has 0 aliphatic carbocycles. The molecule has 20 heavy (non-hydrogen) atoms. The number of nitrogens with two attached hydrogens (primary N) is 1. The van der Waals surface area contributed by atoms with Crippen LogP contribution < -0.4 is 20.5 Å². The van der Waals surface area contributed by atoms with E-state index >= 15 is 0 Å². The Morgan fingerprint density at radius 1 is 1.25 bits per heavy atom. The van der Waals surface area contributed by atoms with Gasteiger partial charge in [0.2, 0.25) is 11.7 Å². The quantitative estimate of drug-likeness (QED) is 0.855. The zero-order valence-corrected chi connectivity index (χ0v) is 11.1. The van der Waals surface area contributed by atoms with Crippen LogP contribution in [0.1, 0.15) is 10.4 Å². The van der Waals surface area contributed by atoms with Crippen molar-refractivity contribution < 1.29 is 14.3 Å². The summed E-state index contributed by atoms with van der Waals surface area (Å²) in [4.78, 5) is 19.0. The van der Waals surface area contributed by atoms with E-state index in [0.717, 1.165) is 0 Å². The predicted molar refractivity (Wildman–Crippen MR) is 73.2 cm³/mol. The molecule has 0 atom stereocenters. The van der Waals surface area contributed by atoms with Crippen LogP contribution in [0.25, 0.3) is 0 Å². The normalized spacial score (nSPS) is 9.90. The SMILES string of the molecule is CNc1ncnc(Oc2ccc(C(N)=O)cc2)c1OC. The van der Waals surface area contributed by atoms with Gasteiger partial charge in [-0.1, -0.05) is 0 Å². The van der Waals surface area contributed by atoms with E-state index in [4.69, 9.17) is 15.2 Å². The second-order valence-corrected chi connectivity index (χ2v) is 3.80. The van der Waals surface area contributed by atoms with E-state index < -0.39 is 5.91 Å². The number of primary amides is 1. The Bertz CT molecular complexity index is 614. The van der Waals surface area contributed by atoms with E-state index in [2.05, 4.69) is 15.3 Å². The molecule has 3 N–H and O–H groups in total. The second kappa shape index (κ2) is 5.87. The van der Waals surface area contributed by atoms with Crippen molar-refractivity contribution >= 4 is 11.7 Å². The second-order valence-electron chi connectivity index (χ2n) is 3.80. The molecule has 1 heterocycles. The van der Waals surface area contributed by atoms with Crippen molar-refractivity contribution in [3.63, 3.8) is 0 Å². The minimum atomic E-state index is -0.492. The summed E-state index contributed by atoms with van der Waals surface area (Å²) in [5.74, 6) is 1.21. The van der Waals surface area contributed by atoms with Crippen LogP contribution in [0, 0.1) is 0 Å². The molecule has 0 radical (unpaired) electrons. The predicted octanol–water partition coefficient (Wildman–Crippen LogP) is 1.42. The highest BCUT2D eigenvalue weighted by molar-refractivity contribution is 5.92.